The SMILES string of the molecule is CCC(C)NC(=O)CCNc1nccn2c(C)nnc12. The molecule has 0 radical (unpaired) electrons. The van der Waals surface area contributed by atoms with Crippen LogP contribution >= 0.6 is 0 Å². The molecule has 0 saturated carbocycles. The molecule has 0 fully saturated rings. The van der Waals surface area contributed by atoms with Crippen molar-refractivity contribution in [1.82, 2.24) is 24.9 Å². The van der Waals surface area contributed by atoms with E-state index < -0.39 is 0 Å². The number of anilines is 1. The summed E-state index contributed by atoms with van der Waals surface area (Å²) in [5.41, 5.74) is 0.673. The molecule has 0 aliphatic heterocycles. The number of hydrogen-bond donors (Lipinski definition) is 2. The van der Waals surface area contributed by atoms with Gasteiger partial charge in [-0.25, -0.2) is 4.98 Å². The monoisotopic (exact) mass is 276 g/mol. The van der Waals surface area contributed by atoms with Gasteiger partial charge in [0.25, 0.3) is 0 Å². The van der Waals surface area contributed by atoms with Gasteiger partial charge in [0.2, 0.25) is 11.6 Å². The number of nitrogens with one attached hydrogen (secondary N) is 2. The number of aromatic nitrogens is 4. The summed E-state index contributed by atoms with van der Waals surface area (Å²) in [4.78, 5) is 15.9. The third kappa shape index (κ3) is 3.23. The van der Waals surface area contributed by atoms with Crippen LogP contribution in [-0.2, 0) is 4.79 Å². The first-order chi connectivity index (χ1) is 9.61. The second-order valence-corrected chi connectivity index (χ2v) is 4.77. The topological polar surface area (TPSA) is 84.2 Å². The zero-order valence-corrected chi connectivity index (χ0v) is 12.1. The molecular weight excluding hydrogens is 256 g/mol. The van der Waals surface area contributed by atoms with Gasteiger partial charge >= 0.3 is 0 Å². The highest BCUT2D eigenvalue weighted by atomic mass is 16.1. The lowest BCUT2D eigenvalue weighted by molar-refractivity contribution is -0.121. The highest BCUT2D eigenvalue weighted by Gasteiger charge is 2.09. The lowest BCUT2D eigenvalue weighted by Crippen LogP contribution is -2.33. The Morgan fingerprint density at radius 3 is 3.00 bits per heavy atom. The number of aryl methyl sites for hydroxylation is 1. The van der Waals surface area contributed by atoms with E-state index in [2.05, 4.69) is 25.8 Å². The molecule has 2 aromatic rings. The molecule has 2 N–H and O–H groups in total. The van der Waals surface area contributed by atoms with Gasteiger partial charge in [-0.3, -0.25) is 9.20 Å². The average Bonchev–Trinajstić information content (AvgIpc) is 2.81. The quantitative estimate of drug-likeness (QED) is 0.826. The molecule has 0 saturated heterocycles. The Labute approximate surface area is 117 Å². The molecule has 2 aromatic heterocycles. The van der Waals surface area contributed by atoms with Gasteiger partial charge < -0.3 is 10.6 Å². The Kier molecular flexibility index (Phi) is 4.49. The van der Waals surface area contributed by atoms with Gasteiger partial charge in [-0.1, -0.05) is 6.92 Å². The molecule has 7 nitrogen and oxygen atoms in total. The van der Waals surface area contributed by atoms with Crippen LogP contribution in [0.3, 0.4) is 0 Å². The summed E-state index contributed by atoms with van der Waals surface area (Å²) in [5, 5.41) is 14.1. The van der Waals surface area contributed by atoms with Crippen molar-refractivity contribution >= 4 is 17.4 Å². The minimum Gasteiger partial charge on any atom is -0.366 e. The van der Waals surface area contributed by atoms with E-state index in [1.54, 1.807) is 6.20 Å². The van der Waals surface area contributed by atoms with Gasteiger partial charge in [-0.05, 0) is 20.3 Å². The van der Waals surface area contributed by atoms with Gasteiger partial charge in [0, 0.05) is 31.4 Å². The van der Waals surface area contributed by atoms with Gasteiger partial charge in [0.1, 0.15) is 5.82 Å². The van der Waals surface area contributed by atoms with Crippen LogP contribution in [-0.4, -0.2) is 38.1 Å². The zero-order chi connectivity index (χ0) is 14.5. The summed E-state index contributed by atoms with van der Waals surface area (Å²) in [5.74, 6) is 1.49. The standard InChI is InChI=1S/C13H20N6O/c1-4-9(2)16-11(20)5-6-14-12-13-18-17-10(3)19(13)8-7-15-12/h7-9H,4-6H2,1-3H3,(H,14,15)(H,16,20). The number of fused-ring (bicyclic) bond motifs is 1. The first-order valence-corrected chi connectivity index (χ1v) is 6.81. The molecule has 0 aliphatic rings. The number of hydrogen-bond acceptors (Lipinski definition) is 5. The second-order valence-electron chi connectivity index (χ2n) is 4.77. The molecule has 1 unspecified atom stereocenters. The normalized spacial score (nSPS) is 12.3. The number of amides is 1. The fourth-order valence-electron chi connectivity index (χ4n) is 1.81. The van der Waals surface area contributed by atoms with Crippen LogP contribution in [0.4, 0.5) is 5.82 Å². The summed E-state index contributed by atoms with van der Waals surface area (Å²) in [7, 11) is 0. The maximum absolute atomic E-state index is 11.7. The van der Waals surface area contributed by atoms with Crippen molar-refractivity contribution in [3.8, 4) is 0 Å². The Bertz CT molecular complexity index is 594. The molecule has 2 rings (SSSR count). The molecule has 2 heterocycles. The first kappa shape index (κ1) is 14.2. The minimum atomic E-state index is 0.0384. The summed E-state index contributed by atoms with van der Waals surface area (Å²) in [6.07, 6.45) is 4.83. The molecule has 1 amide bonds. The Morgan fingerprint density at radius 1 is 1.45 bits per heavy atom. The Morgan fingerprint density at radius 2 is 2.25 bits per heavy atom. The lowest BCUT2D eigenvalue weighted by atomic mass is 10.2. The highest BCUT2D eigenvalue weighted by molar-refractivity contribution is 5.77. The van der Waals surface area contributed by atoms with Gasteiger partial charge in [-0.2, -0.15) is 0 Å². The van der Waals surface area contributed by atoms with Crippen molar-refractivity contribution in [2.24, 2.45) is 0 Å². The molecule has 1 atom stereocenters. The van der Waals surface area contributed by atoms with Crippen LogP contribution in [0.25, 0.3) is 5.65 Å². The summed E-state index contributed by atoms with van der Waals surface area (Å²) >= 11 is 0. The van der Waals surface area contributed by atoms with Crippen molar-refractivity contribution in [2.45, 2.75) is 39.7 Å². The molecule has 0 bridgehead atoms. The third-order valence-electron chi connectivity index (χ3n) is 3.16. The maximum Gasteiger partial charge on any atom is 0.221 e. The van der Waals surface area contributed by atoms with Crippen molar-refractivity contribution in [3.63, 3.8) is 0 Å². The summed E-state index contributed by atoms with van der Waals surface area (Å²) < 4.78 is 1.86. The molecule has 0 spiro atoms. The van der Waals surface area contributed by atoms with Crippen molar-refractivity contribution < 1.29 is 4.79 Å². The van der Waals surface area contributed by atoms with Crippen LogP contribution in [0.5, 0.6) is 0 Å². The molecule has 108 valence electrons. The lowest BCUT2D eigenvalue weighted by Gasteiger charge is -2.11. The number of rotatable bonds is 6. The Balaban J connectivity index is 1.92. The fourth-order valence-corrected chi connectivity index (χ4v) is 1.81. The van der Waals surface area contributed by atoms with Gasteiger partial charge in [-0.15, -0.1) is 10.2 Å². The van der Waals surface area contributed by atoms with E-state index in [0.717, 1.165) is 12.2 Å². The average molecular weight is 276 g/mol. The van der Waals surface area contributed by atoms with E-state index in [-0.39, 0.29) is 11.9 Å². The predicted octanol–water partition coefficient (Wildman–Crippen LogP) is 1.15. The van der Waals surface area contributed by atoms with Crippen molar-refractivity contribution in [1.29, 1.82) is 0 Å². The van der Waals surface area contributed by atoms with E-state index in [1.165, 1.54) is 0 Å². The number of carbonyl (C=O) groups excluding carboxylic acids is 1. The largest absolute Gasteiger partial charge is 0.366 e. The molecule has 20 heavy (non-hydrogen) atoms. The second kappa shape index (κ2) is 6.31. The zero-order valence-electron chi connectivity index (χ0n) is 12.1. The first-order valence-electron chi connectivity index (χ1n) is 6.81. The third-order valence-corrected chi connectivity index (χ3v) is 3.16. The number of nitrogens with zero attached hydrogens (tertiary/aromatic N) is 4. The Hall–Kier alpha value is -2.18. The molecule has 0 aromatic carbocycles. The molecule has 7 heteroatoms. The van der Waals surface area contributed by atoms with Crippen LogP contribution in [0, 0.1) is 6.92 Å². The van der Waals surface area contributed by atoms with E-state index in [1.807, 2.05) is 31.4 Å². The van der Waals surface area contributed by atoms with Crippen LogP contribution in [0.2, 0.25) is 0 Å². The highest BCUT2D eigenvalue weighted by Crippen LogP contribution is 2.11. The predicted molar refractivity (Wildman–Crippen MR) is 76.5 cm³/mol. The van der Waals surface area contributed by atoms with E-state index in [0.29, 0.717) is 24.4 Å². The van der Waals surface area contributed by atoms with Gasteiger partial charge in [0.15, 0.2) is 5.82 Å². The van der Waals surface area contributed by atoms with E-state index >= 15 is 0 Å². The van der Waals surface area contributed by atoms with Crippen LogP contribution in [0.15, 0.2) is 12.4 Å². The van der Waals surface area contributed by atoms with Gasteiger partial charge in [0.05, 0.1) is 0 Å². The van der Waals surface area contributed by atoms with Crippen LogP contribution < -0.4 is 10.6 Å². The molecular formula is C13H20N6O. The fraction of sp³-hybridized carbons (Fsp3) is 0.538. The number of carbonyl (C=O) groups is 1. The summed E-state index contributed by atoms with van der Waals surface area (Å²) in [6.45, 7) is 6.43. The van der Waals surface area contributed by atoms with E-state index in [4.69, 9.17) is 0 Å². The minimum absolute atomic E-state index is 0.0384. The van der Waals surface area contributed by atoms with Crippen molar-refractivity contribution in [2.75, 3.05) is 11.9 Å². The maximum atomic E-state index is 11.7. The van der Waals surface area contributed by atoms with Crippen molar-refractivity contribution in [3.05, 3.63) is 18.2 Å². The molecule has 0 aliphatic carbocycles. The smallest absolute Gasteiger partial charge is 0.221 e. The van der Waals surface area contributed by atoms with E-state index in [9.17, 15) is 4.79 Å². The summed E-state index contributed by atoms with van der Waals surface area (Å²) in [6, 6.07) is 0.211. The van der Waals surface area contributed by atoms with Crippen LogP contribution in [0.1, 0.15) is 32.5 Å².